The van der Waals surface area contributed by atoms with Gasteiger partial charge in [0.2, 0.25) is 5.91 Å². The van der Waals surface area contributed by atoms with E-state index < -0.39 is 0 Å². The Morgan fingerprint density at radius 3 is 2.61 bits per heavy atom. The quantitative estimate of drug-likeness (QED) is 0.724. The van der Waals surface area contributed by atoms with Crippen molar-refractivity contribution in [2.24, 2.45) is 0 Å². The summed E-state index contributed by atoms with van der Waals surface area (Å²) in [6.07, 6.45) is 8.05. The number of nitrogens with zero attached hydrogens (tertiary/aromatic N) is 4. The molecule has 4 rings (SSSR count). The number of rotatable bonds is 5. The van der Waals surface area contributed by atoms with E-state index in [1.165, 1.54) is 10.9 Å². The van der Waals surface area contributed by atoms with E-state index in [1.54, 1.807) is 36.7 Å². The Bertz CT molecular complexity index is 1010. The average Bonchev–Trinajstić information content (AvgIpc) is 2.72. The maximum absolute atomic E-state index is 12.5. The number of benzene rings is 1. The summed E-state index contributed by atoms with van der Waals surface area (Å²) in [5, 5.41) is 3.53. The summed E-state index contributed by atoms with van der Waals surface area (Å²) >= 11 is 0. The number of amides is 1. The Labute approximate surface area is 161 Å². The lowest BCUT2D eigenvalue weighted by Gasteiger charge is -2.28. The number of fused-ring (bicyclic) bond motifs is 1. The van der Waals surface area contributed by atoms with Crippen LogP contribution in [0, 0.1) is 0 Å². The van der Waals surface area contributed by atoms with Crippen molar-refractivity contribution in [3.63, 3.8) is 0 Å². The number of hydrogen-bond donors (Lipinski definition) is 1. The molecule has 1 aliphatic rings. The van der Waals surface area contributed by atoms with Crippen LogP contribution in [0.1, 0.15) is 25.7 Å². The molecular weight excluding hydrogens is 358 g/mol. The van der Waals surface area contributed by atoms with Crippen LogP contribution in [0.2, 0.25) is 0 Å². The number of carbonyl (C=O) groups is 1. The smallest absolute Gasteiger partial charge is 0.316 e. The van der Waals surface area contributed by atoms with Crippen LogP contribution in [-0.2, 0) is 11.3 Å². The third-order valence-corrected chi connectivity index (χ3v) is 4.90. The molecule has 0 aliphatic heterocycles. The normalized spacial score (nSPS) is 19.3. The third-order valence-electron chi connectivity index (χ3n) is 4.90. The minimum Gasteiger partial charge on any atom is -0.460 e. The molecule has 0 radical (unpaired) electrons. The molecule has 2 aromatic heterocycles. The molecular formula is C20H21N5O3. The highest BCUT2D eigenvalue weighted by molar-refractivity contribution is 5.79. The number of hydrogen-bond acceptors (Lipinski definition) is 6. The molecule has 2 heterocycles. The second-order valence-electron chi connectivity index (χ2n) is 6.89. The van der Waals surface area contributed by atoms with Crippen LogP contribution in [0.25, 0.3) is 10.9 Å². The van der Waals surface area contributed by atoms with Crippen molar-refractivity contribution in [3.8, 4) is 6.01 Å². The number of aromatic nitrogens is 4. The number of carbonyl (C=O) groups excluding carboxylic acids is 1. The van der Waals surface area contributed by atoms with Gasteiger partial charge in [-0.15, -0.1) is 0 Å². The van der Waals surface area contributed by atoms with Gasteiger partial charge < -0.3 is 10.1 Å². The van der Waals surface area contributed by atoms with Crippen LogP contribution in [0.4, 0.5) is 0 Å². The molecule has 8 heteroatoms. The molecule has 8 nitrogen and oxygen atoms in total. The molecule has 1 aliphatic carbocycles. The zero-order chi connectivity index (χ0) is 19.3. The first-order valence-electron chi connectivity index (χ1n) is 9.36. The molecule has 0 saturated heterocycles. The van der Waals surface area contributed by atoms with Crippen LogP contribution < -0.4 is 15.6 Å². The summed E-state index contributed by atoms with van der Waals surface area (Å²) in [4.78, 5) is 37.3. The van der Waals surface area contributed by atoms with Crippen LogP contribution in [0.5, 0.6) is 6.01 Å². The lowest BCUT2D eigenvalue weighted by molar-refractivity contribution is -0.122. The zero-order valence-corrected chi connectivity index (χ0v) is 15.3. The molecule has 1 saturated carbocycles. The molecule has 1 amide bonds. The summed E-state index contributed by atoms with van der Waals surface area (Å²) in [7, 11) is 0. The topological polar surface area (TPSA) is 99.0 Å². The highest BCUT2D eigenvalue weighted by Gasteiger charge is 2.24. The zero-order valence-electron chi connectivity index (χ0n) is 15.3. The molecule has 3 aromatic rings. The van der Waals surface area contributed by atoms with Gasteiger partial charge in [0.1, 0.15) is 12.6 Å². The number of nitrogens with one attached hydrogen (secondary N) is 1. The molecule has 0 unspecified atom stereocenters. The Kier molecular flexibility index (Phi) is 5.27. The fourth-order valence-corrected chi connectivity index (χ4v) is 3.47. The van der Waals surface area contributed by atoms with Crippen LogP contribution in [-0.4, -0.2) is 37.6 Å². The largest absolute Gasteiger partial charge is 0.460 e. The summed E-state index contributed by atoms with van der Waals surface area (Å²) in [6, 6.07) is 9.33. The van der Waals surface area contributed by atoms with Gasteiger partial charge >= 0.3 is 6.01 Å². The van der Waals surface area contributed by atoms with Crippen LogP contribution in [0.15, 0.2) is 53.8 Å². The minimum absolute atomic E-state index is 0.0368. The van der Waals surface area contributed by atoms with E-state index in [2.05, 4.69) is 20.3 Å². The summed E-state index contributed by atoms with van der Waals surface area (Å²) in [5.74, 6) is -0.185. The molecule has 28 heavy (non-hydrogen) atoms. The van der Waals surface area contributed by atoms with Gasteiger partial charge in [0.25, 0.3) is 5.56 Å². The third kappa shape index (κ3) is 4.16. The SMILES string of the molecule is O=C(Cn1cnc2ccccc2c1=O)NC1CCC(Oc2ncccn2)CC1. The first kappa shape index (κ1) is 18.1. The van der Waals surface area contributed by atoms with Crippen molar-refractivity contribution in [2.75, 3.05) is 0 Å². The minimum atomic E-state index is -0.208. The predicted molar refractivity (Wildman–Crippen MR) is 103 cm³/mol. The second kappa shape index (κ2) is 8.16. The fourth-order valence-electron chi connectivity index (χ4n) is 3.47. The van der Waals surface area contributed by atoms with Gasteiger partial charge in [-0.05, 0) is 43.9 Å². The van der Waals surface area contributed by atoms with Crippen LogP contribution >= 0.6 is 0 Å². The highest BCUT2D eigenvalue weighted by Crippen LogP contribution is 2.22. The van der Waals surface area contributed by atoms with E-state index >= 15 is 0 Å². The van der Waals surface area contributed by atoms with Crippen molar-refractivity contribution < 1.29 is 9.53 Å². The lowest BCUT2D eigenvalue weighted by Crippen LogP contribution is -2.42. The molecule has 144 valence electrons. The van der Waals surface area contributed by atoms with Gasteiger partial charge in [-0.3, -0.25) is 14.2 Å². The van der Waals surface area contributed by atoms with Gasteiger partial charge in [0.15, 0.2) is 0 Å². The monoisotopic (exact) mass is 379 g/mol. The summed E-state index contributed by atoms with van der Waals surface area (Å²) < 4.78 is 7.12. The van der Waals surface area contributed by atoms with Gasteiger partial charge in [-0.2, -0.15) is 0 Å². The molecule has 1 aromatic carbocycles. The number of para-hydroxylation sites is 1. The maximum Gasteiger partial charge on any atom is 0.316 e. The molecule has 0 atom stereocenters. The van der Waals surface area contributed by atoms with E-state index in [0.717, 1.165) is 25.7 Å². The Balaban J connectivity index is 1.30. The van der Waals surface area contributed by atoms with E-state index in [9.17, 15) is 9.59 Å². The predicted octanol–water partition coefficient (Wildman–Crippen LogP) is 1.69. The average molecular weight is 379 g/mol. The van der Waals surface area contributed by atoms with E-state index in [1.807, 2.05) is 6.07 Å². The van der Waals surface area contributed by atoms with Crippen molar-refractivity contribution >= 4 is 16.8 Å². The van der Waals surface area contributed by atoms with Crippen LogP contribution in [0.3, 0.4) is 0 Å². The van der Waals surface area contributed by atoms with Crippen molar-refractivity contribution in [3.05, 3.63) is 59.4 Å². The highest BCUT2D eigenvalue weighted by atomic mass is 16.5. The molecule has 0 bridgehead atoms. The molecule has 0 spiro atoms. The van der Waals surface area contributed by atoms with Gasteiger partial charge in [0, 0.05) is 18.4 Å². The standard InChI is InChI=1S/C20H21N5O3/c26-18(12-25-13-23-17-5-2-1-4-16(17)19(25)27)24-14-6-8-15(9-7-14)28-20-21-10-3-11-22-20/h1-5,10-11,13-15H,6-9,12H2,(H,24,26). The van der Waals surface area contributed by atoms with Gasteiger partial charge in [0.05, 0.1) is 17.2 Å². The van der Waals surface area contributed by atoms with Gasteiger partial charge in [-0.25, -0.2) is 15.0 Å². The van der Waals surface area contributed by atoms with E-state index in [4.69, 9.17) is 4.74 Å². The first-order chi connectivity index (χ1) is 13.7. The van der Waals surface area contributed by atoms with E-state index in [-0.39, 0.29) is 30.2 Å². The van der Waals surface area contributed by atoms with Crippen molar-refractivity contribution in [1.82, 2.24) is 24.8 Å². The van der Waals surface area contributed by atoms with Crippen molar-refractivity contribution in [1.29, 1.82) is 0 Å². The molecule has 1 N–H and O–H groups in total. The summed E-state index contributed by atoms with van der Waals surface area (Å²) in [6.45, 7) is -0.0368. The molecule has 1 fully saturated rings. The maximum atomic E-state index is 12.5. The Morgan fingerprint density at radius 2 is 1.82 bits per heavy atom. The first-order valence-corrected chi connectivity index (χ1v) is 9.36. The van der Waals surface area contributed by atoms with Crippen molar-refractivity contribution in [2.45, 2.75) is 44.4 Å². The number of ether oxygens (including phenoxy) is 1. The second-order valence-corrected chi connectivity index (χ2v) is 6.89. The van der Waals surface area contributed by atoms with E-state index in [0.29, 0.717) is 16.9 Å². The van der Waals surface area contributed by atoms with Gasteiger partial charge in [-0.1, -0.05) is 12.1 Å². The summed E-state index contributed by atoms with van der Waals surface area (Å²) in [5.41, 5.74) is 0.422. The fraction of sp³-hybridized carbons (Fsp3) is 0.350. The Morgan fingerprint density at radius 1 is 1.07 bits per heavy atom. The Hall–Kier alpha value is -3.29. The lowest BCUT2D eigenvalue weighted by atomic mass is 9.93.